The second kappa shape index (κ2) is 13.8. The van der Waals surface area contributed by atoms with Crippen LogP contribution in [-0.4, -0.2) is 37.8 Å². The molecule has 2 rings (SSSR count). The smallest absolute Gasteiger partial charge is 0.218 e. The lowest BCUT2D eigenvalue weighted by Crippen LogP contribution is -2.36. The molecule has 0 unspecified atom stereocenters. The first-order valence-corrected chi connectivity index (χ1v) is 9.41. The second-order valence-electron chi connectivity index (χ2n) is 5.59. The van der Waals surface area contributed by atoms with Crippen molar-refractivity contribution < 1.29 is 9.47 Å². The Kier molecular flexibility index (Phi) is 12.2. The van der Waals surface area contributed by atoms with Gasteiger partial charge in [0.15, 0.2) is 5.96 Å². The first kappa shape index (κ1) is 24.7. The van der Waals surface area contributed by atoms with Gasteiger partial charge in [0.25, 0.3) is 0 Å². The van der Waals surface area contributed by atoms with Crippen LogP contribution in [0.2, 0.25) is 10.0 Å². The summed E-state index contributed by atoms with van der Waals surface area (Å²) in [6.45, 7) is 4.66. The number of hydrogen-bond acceptors (Lipinski definition) is 4. The van der Waals surface area contributed by atoms with Gasteiger partial charge in [-0.25, -0.2) is 9.98 Å². The molecule has 6 nitrogen and oxygen atoms in total. The quantitative estimate of drug-likeness (QED) is 0.216. The summed E-state index contributed by atoms with van der Waals surface area (Å²) < 4.78 is 10.7. The van der Waals surface area contributed by atoms with E-state index in [9.17, 15) is 0 Å². The Morgan fingerprint density at radius 3 is 2.68 bits per heavy atom. The van der Waals surface area contributed by atoms with Gasteiger partial charge in [-0.2, -0.15) is 0 Å². The summed E-state index contributed by atoms with van der Waals surface area (Å²) in [6.07, 6.45) is 1.70. The van der Waals surface area contributed by atoms with Crippen molar-refractivity contribution in [1.82, 2.24) is 15.6 Å². The number of aliphatic imine (C=N–C) groups is 1. The van der Waals surface area contributed by atoms with Crippen molar-refractivity contribution >= 4 is 53.1 Å². The van der Waals surface area contributed by atoms with Gasteiger partial charge in [-0.1, -0.05) is 35.3 Å². The van der Waals surface area contributed by atoms with Gasteiger partial charge < -0.3 is 20.1 Å². The summed E-state index contributed by atoms with van der Waals surface area (Å²) >= 11 is 12.2. The van der Waals surface area contributed by atoms with Gasteiger partial charge in [-0.05, 0) is 30.7 Å². The largest absolute Gasteiger partial charge is 0.475 e. The predicted molar refractivity (Wildman–Crippen MR) is 125 cm³/mol. The van der Waals surface area contributed by atoms with Crippen LogP contribution in [0.5, 0.6) is 5.88 Å². The SMILES string of the molecule is CCNC(=NCc1cccnc1OCCOC)NCc1ccc(Cl)cc1Cl.I. The molecule has 2 aromatic rings. The molecule has 0 fully saturated rings. The molecule has 0 atom stereocenters. The van der Waals surface area contributed by atoms with E-state index in [1.54, 1.807) is 19.4 Å². The number of pyridine rings is 1. The highest BCUT2D eigenvalue weighted by molar-refractivity contribution is 14.0. The monoisotopic (exact) mass is 538 g/mol. The molecule has 0 aliphatic carbocycles. The van der Waals surface area contributed by atoms with Crippen molar-refractivity contribution in [3.8, 4) is 5.88 Å². The lowest BCUT2D eigenvalue weighted by molar-refractivity contribution is 0.143. The molecular weight excluding hydrogens is 514 g/mol. The summed E-state index contributed by atoms with van der Waals surface area (Å²) in [4.78, 5) is 8.88. The highest BCUT2D eigenvalue weighted by Crippen LogP contribution is 2.20. The lowest BCUT2D eigenvalue weighted by Gasteiger charge is -2.13. The number of nitrogens with one attached hydrogen (secondary N) is 2. The highest BCUT2D eigenvalue weighted by atomic mass is 127. The van der Waals surface area contributed by atoms with Gasteiger partial charge in [-0.15, -0.1) is 24.0 Å². The molecule has 1 heterocycles. The summed E-state index contributed by atoms with van der Waals surface area (Å²) in [6, 6.07) is 9.24. The zero-order valence-electron chi connectivity index (χ0n) is 15.9. The average Bonchev–Trinajstić information content (AvgIpc) is 2.66. The summed E-state index contributed by atoms with van der Waals surface area (Å²) in [5, 5.41) is 7.71. The minimum absolute atomic E-state index is 0. The van der Waals surface area contributed by atoms with E-state index in [1.165, 1.54) is 0 Å². The minimum atomic E-state index is 0. The molecule has 0 aliphatic heterocycles. The third kappa shape index (κ3) is 8.38. The molecule has 154 valence electrons. The first-order valence-electron chi connectivity index (χ1n) is 8.65. The van der Waals surface area contributed by atoms with Crippen molar-refractivity contribution in [3.05, 3.63) is 57.7 Å². The Labute approximate surface area is 193 Å². The van der Waals surface area contributed by atoms with Crippen LogP contribution in [0.3, 0.4) is 0 Å². The zero-order chi connectivity index (χ0) is 19.5. The molecule has 0 aliphatic rings. The maximum atomic E-state index is 6.22. The third-order valence-electron chi connectivity index (χ3n) is 3.59. The van der Waals surface area contributed by atoms with Crippen LogP contribution in [0.15, 0.2) is 41.5 Å². The van der Waals surface area contributed by atoms with Crippen LogP contribution in [0.1, 0.15) is 18.1 Å². The van der Waals surface area contributed by atoms with Crippen molar-refractivity contribution in [1.29, 1.82) is 0 Å². The molecule has 1 aromatic carbocycles. The molecule has 0 saturated carbocycles. The maximum absolute atomic E-state index is 6.22. The first-order chi connectivity index (χ1) is 13.1. The molecule has 0 saturated heterocycles. The molecular formula is C19H25Cl2IN4O2. The molecule has 0 radical (unpaired) electrons. The predicted octanol–water partition coefficient (Wildman–Crippen LogP) is 4.29. The van der Waals surface area contributed by atoms with Crippen molar-refractivity contribution in [2.45, 2.75) is 20.0 Å². The number of rotatable bonds is 9. The fourth-order valence-corrected chi connectivity index (χ4v) is 2.72. The van der Waals surface area contributed by atoms with Gasteiger partial charge in [0.2, 0.25) is 5.88 Å². The van der Waals surface area contributed by atoms with Gasteiger partial charge in [-0.3, -0.25) is 0 Å². The van der Waals surface area contributed by atoms with Gasteiger partial charge in [0, 0.05) is 42.0 Å². The van der Waals surface area contributed by atoms with E-state index >= 15 is 0 Å². The second-order valence-corrected chi connectivity index (χ2v) is 6.44. The lowest BCUT2D eigenvalue weighted by atomic mass is 10.2. The van der Waals surface area contributed by atoms with Gasteiger partial charge >= 0.3 is 0 Å². The number of hydrogen-bond donors (Lipinski definition) is 2. The number of benzene rings is 1. The molecule has 0 spiro atoms. The van der Waals surface area contributed by atoms with E-state index in [0.717, 1.165) is 17.7 Å². The fourth-order valence-electron chi connectivity index (χ4n) is 2.25. The van der Waals surface area contributed by atoms with Gasteiger partial charge in [0.05, 0.1) is 13.2 Å². The number of methoxy groups -OCH3 is 1. The van der Waals surface area contributed by atoms with Crippen LogP contribution in [0, 0.1) is 0 Å². The van der Waals surface area contributed by atoms with E-state index in [2.05, 4.69) is 20.6 Å². The topological polar surface area (TPSA) is 67.8 Å². The van der Waals surface area contributed by atoms with Crippen LogP contribution < -0.4 is 15.4 Å². The Morgan fingerprint density at radius 1 is 1.14 bits per heavy atom. The Bertz CT molecular complexity index is 762. The third-order valence-corrected chi connectivity index (χ3v) is 4.18. The van der Waals surface area contributed by atoms with E-state index in [0.29, 0.717) is 48.2 Å². The molecule has 28 heavy (non-hydrogen) atoms. The van der Waals surface area contributed by atoms with E-state index in [1.807, 2.05) is 31.2 Å². The highest BCUT2D eigenvalue weighted by Gasteiger charge is 2.06. The van der Waals surface area contributed by atoms with E-state index < -0.39 is 0 Å². The minimum Gasteiger partial charge on any atom is -0.475 e. The Balaban J connectivity index is 0.00000392. The van der Waals surface area contributed by atoms with Gasteiger partial charge in [0.1, 0.15) is 6.61 Å². The fraction of sp³-hybridized carbons (Fsp3) is 0.368. The summed E-state index contributed by atoms with van der Waals surface area (Å²) in [5.41, 5.74) is 1.84. The number of ether oxygens (including phenoxy) is 2. The zero-order valence-corrected chi connectivity index (χ0v) is 19.7. The normalized spacial score (nSPS) is 10.9. The number of nitrogens with zero attached hydrogens (tertiary/aromatic N) is 2. The van der Waals surface area contributed by atoms with Crippen molar-refractivity contribution in [2.24, 2.45) is 4.99 Å². The number of aromatic nitrogens is 1. The van der Waals surface area contributed by atoms with Crippen molar-refractivity contribution in [2.75, 3.05) is 26.9 Å². The standard InChI is InChI=1S/C19H24Cl2N4O2.HI/c1-3-22-19(24-12-14-6-7-16(20)11-17(14)21)25-13-15-5-4-8-23-18(15)27-10-9-26-2;/h4-8,11H,3,9-10,12-13H2,1-2H3,(H2,22,24,25);1H. The Hall–Kier alpha value is -1.29. The molecule has 0 bridgehead atoms. The van der Waals surface area contributed by atoms with E-state index in [-0.39, 0.29) is 24.0 Å². The molecule has 0 amide bonds. The summed E-state index contributed by atoms with van der Waals surface area (Å²) in [5.74, 6) is 1.24. The summed E-state index contributed by atoms with van der Waals surface area (Å²) in [7, 11) is 1.63. The number of guanidine groups is 1. The van der Waals surface area contributed by atoms with Crippen LogP contribution in [0.25, 0.3) is 0 Å². The van der Waals surface area contributed by atoms with E-state index in [4.69, 9.17) is 32.7 Å². The molecule has 2 N–H and O–H groups in total. The maximum Gasteiger partial charge on any atom is 0.218 e. The molecule has 9 heteroatoms. The van der Waals surface area contributed by atoms with Crippen LogP contribution in [-0.2, 0) is 17.8 Å². The Morgan fingerprint density at radius 2 is 1.96 bits per heavy atom. The average molecular weight is 539 g/mol. The van der Waals surface area contributed by atoms with Crippen LogP contribution in [0.4, 0.5) is 0 Å². The van der Waals surface area contributed by atoms with Crippen molar-refractivity contribution in [3.63, 3.8) is 0 Å². The molecule has 1 aromatic heterocycles. The van der Waals surface area contributed by atoms with Crippen LogP contribution >= 0.6 is 47.2 Å². The number of halogens is 3.